The third-order valence-electron chi connectivity index (χ3n) is 4.77. The topological polar surface area (TPSA) is 29.3 Å². The minimum atomic E-state index is -0.229. The Morgan fingerprint density at radius 2 is 2.00 bits per heavy atom. The predicted octanol–water partition coefficient (Wildman–Crippen LogP) is 3.86. The highest BCUT2D eigenvalue weighted by Gasteiger charge is 2.23. The molecule has 116 valence electrons. The monoisotopic (exact) mass is 308 g/mol. The summed E-state index contributed by atoms with van der Waals surface area (Å²) in [5.41, 5.74) is 7.43. The van der Waals surface area contributed by atoms with Gasteiger partial charge in [0.2, 0.25) is 0 Å². The van der Waals surface area contributed by atoms with Crippen molar-refractivity contribution in [1.29, 1.82) is 0 Å². The van der Waals surface area contributed by atoms with Crippen molar-refractivity contribution in [2.45, 2.75) is 51.6 Å². The molecule has 0 bridgehead atoms. The van der Waals surface area contributed by atoms with Crippen molar-refractivity contribution in [3.8, 4) is 0 Å². The molecule has 1 fully saturated rings. The molecule has 0 aromatic heterocycles. The predicted molar refractivity (Wildman–Crippen MR) is 89.8 cm³/mol. The third kappa shape index (κ3) is 4.24. The first-order valence-corrected chi connectivity index (χ1v) is 8.20. The zero-order valence-electron chi connectivity index (χ0n) is 12.9. The van der Waals surface area contributed by atoms with Crippen LogP contribution in [-0.2, 0) is 6.54 Å². The van der Waals surface area contributed by atoms with E-state index in [4.69, 9.17) is 18.0 Å². The lowest BCUT2D eigenvalue weighted by atomic mass is 9.84. The molecular weight excluding hydrogens is 283 g/mol. The number of hydrogen-bond acceptors (Lipinski definition) is 2. The summed E-state index contributed by atoms with van der Waals surface area (Å²) < 4.78 is 13.5. The van der Waals surface area contributed by atoms with Gasteiger partial charge in [-0.2, -0.15) is 0 Å². The highest BCUT2D eigenvalue weighted by Crippen LogP contribution is 2.29. The average Bonchev–Trinajstić information content (AvgIpc) is 2.47. The summed E-state index contributed by atoms with van der Waals surface area (Å²) in [5.74, 6) is 0.657. The molecule has 0 radical (unpaired) electrons. The van der Waals surface area contributed by atoms with E-state index in [2.05, 4.69) is 18.9 Å². The number of nitrogens with zero attached hydrogens (tertiary/aromatic N) is 1. The smallest absolute Gasteiger partial charge is 0.123 e. The molecule has 4 heteroatoms. The summed E-state index contributed by atoms with van der Waals surface area (Å²) in [6, 6.07) is 5.25. The first-order chi connectivity index (χ1) is 10.0. The van der Waals surface area contributed by atoms with Crippen LogP contribution in [0.4, 0.5) is 4.39 Å². The minimum absolute atomic E-state index is 0.229. The molecule has 2 N–H and O–H groups in total. The molecule has 1 aliphatic carbocycles. The van der Waals surface area contributed by atoms with E-state index < -0.39 is 0 Å². The van der Waals surface area contributed by atoms with Crippen LogP contribution in [0.1, 0.15) is 50.2 Å². The molecule has 0 unspecified atom stereocenters. The van der Waals surface area contributed by atoms with Crippen molar-refractivity contribution in [3.05, 3.63) is 35.1 Å². The van der Waals surface area contributed by atoms with Gasteiger partial charge in [-0.15, -0.1) is 0 Å². The van der Waals surface area contributed by atoms with E-state index in [0.29, 0.717) is 17.6 Å². The SMILES string of the molecule is CCC1CCC(N(C)Cc2cc(F)ccc2C(N)=S)CC1. The van der Waals surface area contributed by atoms with Crippen LogP contribution in [0.5, 0.6) is 0 Å². The van der Waals surface area contributed by atoms with Crippen molar-refractivity contribution in [2.24, 2.45) is 11.7 Å². The van der Waals surface area contributed by atoms with Gasteiger partial charge < -0.3 is 5.73 Å². The molecule has 2 nitrogen and oxygen atoms in total. The van der Waals surface area contributed by atoms with Gasteiger partial charge in [0.15, 0.2) is 0 Å². The normalized spacial score (nSPS) is 22.5. The van der Waals surface area contributed by atoms with Crippen molar-refractivity contribution < 1.29 is 4.39 Å². The van der Waals surface area contributed by atoms with Crippen molar-refractivity contribution >= 4 is 17.2 Å². The van der Waals surface area contributed by atoms with Crippen LogP contribution in [0.15, 0.2) is 18.2 Å². The van der Waals surface area contributed by atoms with Crippen LogP contribution < -0.4 is 5.73 Å². The second kappa shape index (κ2) is 7.32. The fraction of sp³-hybridized carbons (Fsp3) is 0.588. The number of halogens is 1. The molecule has 1 aromatic rings. The molecule has 2 rings (SSSR count). The van der Waals surface area contributed by atoms with Crippen molar-refractivity contribution in [3.63, 3.8) is 0 Å². The Morgan fingerprint density at radius 1 is 1.33 bits per heavy atom. The quantitative estimate of drug-likeness (QED) is 0.838. The van der Waals surface area contributed by atoms with Crippen molar-refractivity contribution in [2.75, 3.05) is 7.05 Å². The number of benzene rings is 1. The Labute approximate surface area is 132 Å². The Hall–Kier alpha value is -1.00. The van der Waals surface area contributed by atoms with Crippen LogP contribution >= 0.6 is 12.2 Å². The number of nitrogens with two attached hydrogens (primary N) is 1. The summed E-state index contributed by atoms with van der Waals surface area (Å²) in [6.07, 6.45) is 6.35. The number of thiocarbonyl (C=S) groups is 1. The first kappa shape index (κ1) is 16.4. The van der Waals surface area contributed by atoms with E-state index in [-0.39, 0.29) is 5.82 Å². The van der Waals surface area contributed by atoms with E-state index in [0.717, 1.165) is 17.0 Å². The lowest BCUT2D eigenvalue weighted by Gasteiger charge is -2.34. The Bertz CT molecular complexity index is 496. The van der Waals surface area contributed by atoms with E-state index in [1.54, 1.807) is 12.1 Å². The Kier molecular flexibility index (Phi) is 5.71. The first-order valence-electron chi connectivity index (χ1n) is 7.79. The van der Waals surface area contributed by atoms with Crippen molar-refractivity contribution in [1.82, 2.24) is 4.90 Å². The molecule has 0 saturated heterocycles. The molecule has 1 aromatic carbocycles. The summed E-state index contributed by atoms with van der Waals surface area (Å²) in [6.45, 7) is 2.97. The van der Waals surface area contributed by atoms with E-state index in [1.165, 1.54) is 38.2 Å². The number of rotatable bonds is 5. The zero-order valence-corrected chi connectivity index (χ0v) is 13.8. The highest BCUT2D eigenvalue weighted by atomic mass is 32.1. The summed E-state index contributed by atoms with van der Waals surface area (Å²) in [7, 11) is 2.12. The van der Waals surface area contributed by atoms with Gasteiger partial charge in [-0.3, -0.25) is 4.90 Å². The van der Waals surface area contributed by atoms with Crippen LogP contribution in [0.25, 0.3) is 0 Å². The fourth-order valence-electron chi connectivity index (χ4n) is 3.33. The average molecular weight is 308 g/mol. The lowest BCUT2D eigenvalue weighted by molar-refractivity contribution is 0.157. The van der Waals surface area contributed by atoms with Crippen LogP contribution in [0, 0.1) is 11.7 Å². The van der Waals surface area contributed by atoms with Gasteiger partial charge in [-0.25, -0.2) is 4.39 Å². The van der Waals surface area contributed by atoms with Gasteiger partial charge >= 0.3 is 0 Å². The van der Waals surface area contributed by atoms with E-state index in [9.17, 15) is 4.39 Å². The molecule has 0 heterocycles. The van der Waals surface area contributed by atoms with E-state index >= 15 is 0 Å². The zero-order chi connectivity index (χ0) is 15.4. The molecule has 21 heavy (non-hydrogen) atoms. The van der Waals surface area contributed by atoms with E-state index in [1.807, 2.05) is 0 Å². The summed E-state index contributed by atoms with van der Waals surface area (Å²) in [5, 5.41) is 0. The Balaban J connectivity index is 2.04. The minimum Gasteiger partial charge on any atom is -0.389 e. The second-order valence-electron chi connectivity index (χ2n) is 6.16. The van der Waals surface area contributed by atoms with Crippen LogP contribution in [0.2, 0.25) is 0 Å². The van der Waals surface area contributed by atoms with Crippen LogP contribution in [-0.4, -0.2) is 23.0 Å². The molecule has 0 aliphatic heterocycles. The highest BCUT2D eigenvalue weighted by molar-refractivity contribution is 7.80. The van der Waals surface area contributed by atoms with Gasteiger partial charge in [0.05, 0.1) is 0 Å². The maximum atomic E-state index is 13.5. The largest absolute Gasteiger partial charge is 0.389 e. The molecular formula is C17H25FN2S. The molecule has 0 amide bonds. The van der Waals surface area contributed by atoms with Gasteiger partial charge in [0.1, 0.15) is 10.8 Å². The molecule has 0 spiro atoms. The summed E-state index contributed by atoms with van der Waals surface area (Å²) in [4.78, 5) is 2.66. The molecule has 0 atom stereocenters. The van der Waals surface area contributed by atoms with Gasteiger partial charge in [-0.05, 0) is 62.4 Å². The van der Waals surface area contributed by atoms with Gasteiger partial charge in [0.25, 0.3) is 0 Å². The Morgan fingerprint density at radius 3 is 2.57 bits per heavy atom. The maximum Gasteiger partial charge on any atom is 0.123 e. The summed E-state index contributed by atoms with van der Waals surface area (Å²) >= 11 is 5.07. The van der Waals surface area contributed by atoms with Crippen LogP contribution in [0.3, 0.4) is 0 Å². The molecule has 1 saturated carbocycles. The number of hydrogen-bond donors (Lipinski definition) is 1. The third-order valence-corrected chi connectivity index (χ3v) is 4.99. The maximum absolute atomic E-state index is 13.5. The standard InChI is InChI=1S/C17H25FN2S/c1-3-12-4-7-15(8-5-12)20(2)11-13-10-14(18)6-9-16(13)17(19)21/h6,9-10,12,15H,3-5,7-8,11H2,1-2H3,(H2,19,21). The van der Waals surface area contributed by atoms with Gasteiger partial charge in [0, 0.05) is 18.2 Å². The second-order valence-corrected chi connectivity index (χ2v) is 6.60. The molecule has 1 aliphatic rings. The lowest BCUT2D eigenvalue weighted by Crippen LogP contribution is -2.35. The fourth-order valence-corrected chi connectivity index (χ4v) is 3.52. The van der Waals surface area contributed by atoms with Gasteiger partial charge in [-0.1, -0.05) is 25.6 Å².